The van der Waals surface area contributed by atoms with E-state index >= 15 is 0 Å². The molecule has 0 heterocycles. The van der Waals surface area contributed by atoms with E-state index in [-0.39, 0.29) is 6.16 Å². The summed E-state index contributed by atoms with van der Waals surface area (Å²) in [6, 6.07) is 13.6. The molecule has 0 spiro atoms. The molecular weight excluding hydrogens is 315 g/mol. The third-order valence-electron chi connectivity index (χ3n) is 2.96. The van der Waals surface area contributed by atoms with E-state index in [9.17, 15) is 4.57 Å². The first kappa shape index (κ1) is 17.0. The van der Waals surface area contributed by atoms with Crippen molar-refractivity contribution in [1.29, 1.82) is 0 Å². The van der Waals surface area contributed by atoms with Gasteiger partial charge in [0.25, 0.3) is 0 Å². The Bertz CT molecular complexity index is 626. The second-order valence-electron chi connectivity index (χ2n) is 4.62. The van der Waals surface area contributed by atoms with Gasteiger partial charge in [-0.3, -0.25) is 0 Å². The van der Waals surface area contributed by atoms with Crippen molar-refractivity contribution in [3.63, 3.8) is 0 Å². The molecule has 122 valence electrons. The largest absolute Gasteiger partial charge is 0.497 e. The highest BCUT2D eigenvalue weighted by molar-refractivity contribution is 7.54. The molecule has 5 nitrogen and oxygen atoms in total. The predicted octanol–water partition coefficient (Wildman–Crippen LogP) is 4.54. The van der Waals surface area contributed by atoms with Crippen LogP contribution in [0.5, 0.6) is 23.0 Å². The zero-order chi connectivity index (χ0) is 16.7. The van der Waals surface area contributed by atoms with E-state index < -0.39 is 7.60 Å². The molecular formula is C17H19O5P. The van der Waals surface area contributed by atoms with Gasteiger partial charge in [-0.1, -0.05) is 6.08 Å². The van der Waals surface area contributed by atoms with E-state index in [2.05, 4.69) is 6.58 Å². The number of ether oxygens (including phenoxy) is 2. The first-order chi connectivity index (χ1) is 11.1. The topological polar surface area (TPSA) is 54.0 Å². The zero-order valence-electron chi connectivity index (χ0n) is 13.1. The maximum absolute atomic E-state index is 12.9. The Morgan fingerprint density at radius 1 is 0.826 bits per heavy atom. The Hall–Kier alpha value is -2.39. The van der Waals surface area contributed by atoms with Gasteiger partial charge in [-0.2, -0.15) is 0 Å². The first-order valence-electron chi connectivity index (χ1n) is 6.96. The molecule has 2 rings (SSSR count). The van der Waals surface area contributed by atoms with Crippen molar-refractivity contribution in [3.05, 3.63) is 61.2 Å². The van der Waals surface area contributed by atoms with Crippen LogP contribution in [0.15, 0.2) is 61.2 Å². The second-order valence-corrected chi connectivity index (χ2v) is 6.57. The Kier molecular flexibility index (Phi) is 5.72. The van der Waals surface area contributed by atoms with E-state index in [0.717, 1.165) is 0 Å². The van der Waals surface area contributed by atoms with Crippen molar-refractivity contribution in [2.45, 2.75) is 0 Å². The lowest BCUT2D eigenvalue weighted by molar-refractivity contribution is 0.386. The van der Waals surface area contributed by atoms with Crippen LogP contribution in [0.1, 0.15) is 0 Å². The molecule has 0 aliphatic heterocycles. The van der Waals surface area contributed by atoms with Gasteiger partial charge in [0, 0.05) is 0 Å². The molecule has 2 aromatic carbocycles. The monoisotopic (exact) mass is 334 g/mol. The Morgan fingerprint density at radius 2 is 1.17 bits per heavy atom. The van der Waals surface area contributed by atoms with Crippen LogP contribution >= 0.6 is 7.60 Å². The van der Waals surface area contributed by atoms with E-state index in [1.165, 1.54) is 6.08 Å². The van der Waals surface area contributed by atoms with Crippen LogP contribution in [0.2, 0.25) is 0 Å². The molecule has 0 aromatic heterocycles. The summed E-state index contributed by atoms with van der Waals surface area (Å²) in [5.41, 5.74) is 0. The number of rotatable bonds is 8. The minimum atomic E-state index is -3.41. The van der Waals surface area contributed by atoms with Crippen molar-refractivity contribution < 1.29 is 23.1 Å². The van der Waals surface area contributed by atoms with Gasteiger partial charge in [0.2, 0.25) is 0 Å². The van der Waals surface area contributed by atoms with Crippen molar-refractivity contribution >= 4 is 7.60 Å². The molecule has 6 heteroatoms. The van der Waals surface area contributed by atoms with Crippen LogP contribution in [-0.2, 0) is 4.57 Å². The minimum Gasteiger partial charge on any atom is -0.497 e. The zero-order valence-corrected chi connectivity index (χ0v) is 14.0. The van der Waals surface area contributed by atoms with Crippen LogP contribution in [0.3, 0.4) is 0 Å². The van der Waals surface area contributed by atoms with E-state index in [1.807, 2.05) is 0 Å². The molecule has 0 atom stereocenters. The van der Waals surface area contributed by atoms with Crippen LogP contribution in [0, 0.1) is 0 Å². The summed E-state index contributed by atoms with van der Waals surface area (Å²) in [7, 11) is -0.261. The Morgan fingerprint density at radius 3 is 1.48 bits per heavy atom. The third kappa shape index (κ3) is 4.80. The van der Waals surface area contributed by atoms with Gasteiger partial charge in [-0.15, -0.1) is 6.58 Å². The van der Waals surface area contributed by atoms with Gasteiger partial charge in [-0.25, -0.2) is 4.57 Å². The fraction of sp³-hybridized carbons (Fsp3) is 0.176. The molecule has 0 fully saturated rings. The van der Waals surface area contributed by atoms with Crippen LogP contribution in [-0.4, -0.2) is 20.4 Å². The standard InChI is InChI=1S/C17H19O5P/c1-4-13-23(18,21-16-9-5-14(19-2)6-10-16)22-17-11-7-15(20-3)8-12-17/h4-12H,1,13H2,2-3H3. The molecule has 0 radical (unpaired) electrons. The lowest BCUT2D eigenvalue weighted by atomic mass is 10.3. The molecule has 0 N–H and O–H groups in total. The molecule has 0 saturated carbocycles. The van der Waals surface area contributed by atoms with E-state index in [1.54, 1.807) is 62.8 Å². The number of methoxy groups -OCH3 is 2. The van der Waals surface area contributed by atoms with Crippen molar-refractivity contribution in [2.75, 3.05) is 20.4 Å². The average molecular weight is 334 g/mol. The van der Waals surface area contributed by atoms with Gasteiger partial charge in [-0.05, 0) is 48.5 Å². The number of benzene rings is 2. The summed E-state index contributed by atoms with van der Waals surface area (Å²) in [6.07, 6.45) is 1.60. The molecule has 0 amide bonds. The summed E-state index contributed by atoms with van der Waals surface area (Å²) in [6.45, 7) is 3.61. The van der Waals surface area contributed by atoms with E-state index in [0.29, 0.717) is 23.0 Å². The number of allylic oxidation sites excluding steroid dienone is 1. The Labute approximate surface area is 136 Å². The summed E-state index contributed by atoms with van der Waals surface area (Å²) in [5.74, 6) is 2.24. The fourth-order valence-electron chi connectivity index (χ4n) is 1.85. The summed E-state index contributed by atoms with van der Waals surface area (Å²) in [5, 5.41) is 0. The molecule has 2 aromatic rings. The highest BCUT2D eigenvalue weighted by Crippen LogP contribution is 2.48. The van der Waals surface area contributed by atoms with E-state index in [4.69, 9.17) is 18.5 Å². The van der Waals surface area contributed by atoms with Crippen molar-refractivity contribution in [3.8, 4) is 23.0 Å². The van der Waals surface area contributed by atoms with Crippen molar-refractivity contribution in [2.24, 2.45) is 0 Å². The van der Waals surface area contributed by atoms with Gasteiger partial charge in [0.05, 0.1) is 20.4 Å². The van der Waals surface area contributed by atoms with Crippen LogP contribution in [0.25, 0.3) is 0 Å². The highest BCUT2D eigenvalue weighted by Gasteiger charge is 2.26. The first-order valence-corrected chi connectivity index (χ1v) is 8.68. The number of hydrogen-bond acceptors (Lipinski definition) is 5. The smallest absolute Gasteiger partial charge is 0.434 e. The van der Waals surface area contributed by atoms with Crippen LogP contribution < -0.4 is 18.5 Å². The maximum atomic E-state index is 12.9. The highest BCUT2D eigenvalue weighted by atomic mass is 31.2. The fourth-order valence-corrected chi connectivity index (χ4v) is 3.23. The molecule has 0 saturated heterocycles. The second kappa shape index (κ2) is 7.75. The molecule has 0 unspecified atom stereocenters. The average Bonchev–Trinajstić information content (AvgIpc) is 2.56. The normalized spacial score (nSPS) is 10.7. The minimum absolute atomic E-state index is 0.0884. The maximum Gasteiger partial charge on any atom is 0.434 e. The molecule has 0 aliphatic carbocycles. The number of hydrogen-bond donors (Lipinski definition) is 0. The summed E-state index contributed by atoms with van der Waals surface area (Å²) >= 11 is 0. The van der Waals surface area contributed by atoms with Gasteiger partial charge in [0.1, 0.15) is 23.0 Å². The Balaban J connectivity index is 2.16. The van der Waals surface area contributed by atoms with Crippen LogP contribution in [0.4, 0.5) is 0 Å². The quantitative estimate of drug-likeness (QED) is 0.524. The molecule has 0 bridgehead atoms. The lowest BCUT2D eigenvalue weighted by Gasteiger charge is -2.19. The predicted molar refractivity (Wildman–Crippen MR) is 89.9 cm³/mol. The lowest BCUT2D eigenvalue weighted by Crippen LogP contribution is -2.04. The SMILES string of the molecule is C=CCP(=O)(Oc1ccc(OC)cc1)Oc1ccc(OC)cc1. The van der Waals surface area contributed by atoms with Gasteiger partial charge < -0.3 is 18.5 Å². The van der Waals surface area contributed by atoms with Crippen molar-refractivity contribution in [1.82, 2.24) is 0 Å². The summed E-state index contributed by atoms with van der Waals surface area (Å²) < 4.78 is 34.2. The van der Waals surface area contributed by atoms with Gasteiger partial charge in [0.15, 0.2) is 0 Å². The molecule has 23 heavy (non-hydrogen) atoms. The third-order valence-corrected chi connectivity index (χ3v) is 4.64. The van der Waals surface area contributed by atoms with Gasteiger partial charge >= 0.3 is 7.60 Å². The molecule has 0 aliphatic rings. The summed E-state index contributed by atoms with van der Waals surface area (Å²) in [4.78, 5) is 0.